The average molecular weight is 314 g/mol. The Morgan fingerprint density at radius 1 is 1.41 bits per heavy atom. The molecule has 0 aromatic rings. The molecule has 1 aliphatic rings. The quantitative estimate of drug-likeness (QED) is 0.454. The highest BCUT2D eigenvalue weighted by atomic mass is 16.6. The molecule has 0 radical (unpaired) electrons. The van der Waals surface area contributed by atoms with Crippen LogP contribution in [0.25, 0.3) is 0 Å². The van der Waals surface area contributed by atoms with Gasteiger partial charge in [-0.25, -0.2) is 4.79 Å². The average Bonchev–Trinajstić information content (AvgIpc) is 2.44. The molecule has 0 aromatic carbocycles. The zero-order valence-electron chi connectivity index (χ0n) is 14.2. The van der Waals surface area contributed by atoms with Crippen molar-refractivity contribution in [2.45, 2.75) is 51.7 Å². The predicted octanol–water partition coefficient (Wildman–Crippen LogP) is 1.33. The van der Waals surface area contributed by atoms with Crippen molar-refractivity contribution in [1.82, 2.24) is 10.2 Å². The summed E-state index contributed by atoms with van der Waals surface area (Å²) in [5.41, 5.74) is 5.32. The van der Waals surface area contributed by atoms with Crippen LogP contribution < -0.4 is 11.1 Å². The number of aliphatic imine (C=N–C) groups is 1. The van der Waals surface area contributed by atoms with Crippen molar-refractivity contribution in [2.24, 2.45) is 10.7 Å². The lowest BCUT2D eigenvalue weighted by molar-refractivity contribution is 0.0110. The van der Waals surface area contributed by atoms with Gasteiger partial charge in [0, 0.05) is 20.2 Å². The highest BCUT2D eigenvalue weighted by Gasteiger charge is 2.30. The topological polar surface area (TPSA) is 89.2 Å². The Bertz CT molecular complexity index is 379. The Kier molecular flexibility index (Phi) is 7.44. The van der Waals surface area contributed by atoms with Crippen molar-refractivity contribution in [1.29, 1.82) is 0 Å². The number of nitrogens with zero attached hydrogens (tertiary/aromatic N) is 2. The van der Waals surface area contributed by atoms with Gasteiger partial charge in [-0.2, -0.15) is 0 Å². The fourth-order valence-corrected chi connectivity index (χ4v) is 2.29. The summed E-state index contributed by atoms with van der Waals surface area (Å²) in [7, 11) is 1.63. The number of amides is 1. The zero-order valence-corrected chi connectivity index (χ0v) is 14.2. The van der Waals surface area contributed by atoms with E-state index in [1.165, 1.54) is 0 Å². The minimum Gasteiger partial charge on any atom is -0.444 e. The van der Waals surface area contributed by atoms with Crippen LogP contribution >= 0.6 is 0 Å². The molecular weight excluding hydrogens is 284 g/mol. The highest BCUT2D eigenvalue weighted by Crippen LogP contribution is 2.20. The summed E-state index contributed by atoms with van der Waals surface area (Å²) in [6.07, 6.45) is 2.75. The molecule has 128 valence electrons. The van der Waals surface area contributed by atoms with Gasteiger partial charge in [0.15, 0.2) is 5.96 Å². The maximum Gasteiger partial charge on any atom is 0.410 e. The first-order chi connectivity index (χ1) is 10.3. The third-order valence-corrected chi connectivity index (χ3v) is 3.34. The number of carbonyl (C=O) groups excluding carboxylic acids is 1. The van der Waals surface area contributed by atoms with E-state index in [-0.39, 0.29) is 12.1 Å². The van der Waals surface area contributed by atoms with E-state index in [0.29, 0.717) is 32.2 Å². The first kappa shape index (κ1) is 18.5. The van der Waals surface area contributed by atoms with E-state index < -0.39 is 5.60 Å². The van der Waals surface area contributed by atoms with Gasteiger partial charge in [0.05, 0.1) is 19.2 Å². The van der Waals surface area contributed by atoms with Crippen molar-refractivity contribution in [3.05, 3.63) is 0 Å². The predicted molar refractivity (Wildman–Crippen MR) is 86.9 cm³/mol. The van der Waals surface area contributed by atoms with Crippen molar-refractivity contribution in [2.75, 3.05) is 33.4 Å². The molecular formula is C15H30N4O3. The second-order valence-corrected chi connectivity index (χ2v) is 6.47. The molecule has 1 atom stereocenters. The number of guanidine groups is 1. The van der Waals surface area contributed by atoms with E-state index >= 15 is 0 Å². The van der Waals surface area contributed by atoms with Crippen molar-refractivity contribution in [3.63, 3.8) is 0 Å². The van der Waals surface area contributed by atoms with Gasteiger partial charge >= 0.3 is 6.09 Å². The molecule has 0 bridgehead atoms. The maximum atomic E-state index is 12.3. The number of nitrogens with one attached hydrogen (secondary N) is 1. The third kappa shape index (κ3) is 6.98. The summed E-state index contributed by atoms with van der Waals surface area (Å²) in [5, 5.41) is 2.97. The molecule has 0 saturated carbocycles. The lowest BCUT2D eigenvalue weighted by atomic mass is 10.0. The van der Waals surface area contributed by atoms with Crippen LogP contribution in [-0.4, -0.2) is 61.9 Å². The first-order valence-electron chi connectivity index (χ1n) is 7.86. The van der Waals surface area contributed by atoms with Gasteiger partial charge < -0.3 is 25.4 Å². The standard InChI is InChI=1S/C15H30N4O3/c1-15(2,3)22-14(20)19-9-6-5-7-12(19)11-18-13(16)17-8-10-21-4/h12H,5-11H2,1-4H3,(H3,16,17,18). The van der Waals surface area contributed by atoms with E-state index in [2.05, 4.69) is 10.3 Å². The van der Waals surface area contributed by atoms with E-state index in [1.54, 1.807) is 12.0 Å². The fourth-order valence-electron chi connectivity index (χ4n) is 2.29. The molecule has 0 aliphatic carbocycles. The van der Waals surface area contributed by atoms with Crippen molar-refractivity contribution < 1.29 is 14.3 Å². The number of ether oxygens (including phenoxy) is 2. The smallest absolute Gasteiger partial charge is 0.410 e. The second-order valence-electron chi connectivity index (χ2n) is 6.47. The number of methoxy groups -OCH3 is 1. The Hall–Kier alpha value is -1.50. The second kappa shape index (κ2) is 8.82. The number of carbonyl (C=O) groups is 1. The van der Waals surface area contributed by atoms with Crippen molar-refractivity contribution in [3.8, 4) is 0 Å². The van der Waals surface area contributed by atoms with Crippen LogP contribution in [0.2, 0.25) is 0 Å². The lowest BCUT2D eigenvalue weighted by Gasteiger charge is -2.36. The van der Waals surface area contributed by atoms with E-state index in [0.717, 1.165) is 19.3 Å². The summed E-state index contributed by atoms with van der Waals surface area (Å²) < 4.78 is 10.4. The minimum absolute atomic E-state index is 0.0476. The summed E-state index contributed by atoms with van der Waals surface area (Å²) in [4.78, 5) is 18.4. The van der Waals surface area contributed by atoms with Gasteiger partial charge in [-0.05, 0) is 40.0 Å². The van der Waals surface area contributed by atoms with Crippen LogP contribution in [0.15, 0.2) is 4.99 Å². The number of hydrogen-bond donors (Lipinski definition) is 2. The van der Waals surface area contributed by atoms with Crippen LogP contribution in [0.3, 0.4) is 0 Å². The zero-order chi connectivity index (χ0) is 16.6. The van der Waals surface area contributed by atoms with Gasteiger partial charge in [-0.1, -0.05) is 0 Å². The Morgan fingerprint density at radius 2 is 2.14 bits per heavy atom. The normalized spacial score (nSPS) is 19.9. The first-order valence-corrected chi connectivity index (χ1v) is 7.86. The molecule has 7 heteroatoms. The van der Waals surface area contributed by atoms with Gasteiger partial charge in [0.2, 0.25) is 0 Å². The molecule has 7 nitrogen and oxygen atoms in total. The molecule has 1 unspecified atom stereocenters. The lowest BCUT2D eigenvalue weighted by Crippen LogP contribution is -2.48. The minimum atomic E-state index is -0.483. The number of nitrogens with two attached hydrogens (primary N) is 1. The SMILES string of the molecule is COCCNC(N)=NCC1CCCCN1C(=O)OC(C)(C)C. The van der Waals surface area contributed by atoms with Crippen LogP contribution in [0, 0.1) is 0 Å². The summed E-state index contributed by atoms with van der Waals surface area (Å²) in [6, 6.07) is 0.0476. The van der Waals surface area contributed by atoms with E-state index in [1.807, 2.05) is 20.8 Å². The van der Waals surface area contributed by atoms with Crippen LogP contribution in [0.4, 0.5) is 4.79 Å². The van der Waals surface area contributed by atoms with Crippen LogP contribution in [0.1, 0.15) is 40.0 Å². The maximum absolute atomic E-state index is 12.3. The molecule has 0 spiro atoms. The monoisotopic (exact) mass is 314 g/mol. The van der Waals surface area contributed by atoms with Gasteiger partial charge in [0.1, 0.15) is 5.60 Å². The van der Waals surface area contributed by atoms with Crippen LogP contribution in [-0.2, 0) is 9.47 Å². The number of piperidine rings is 1. The van der Waals surface area contributed by atoms with Gasteiger partial charge in [0.25, 0.3) is 0 Å². The fraction of sp³-hybridized carbons (Fsp3) is 0.867. The molecule has 1 heterocycles. The molecule has 1 aliphatic heterocycles. The molecule has 22 heavy (non-hydrogen) atoms. The molecule has 1 fully saturated rings. The van der Waals surface area contributed by atoms with E-state index in [4.69, 9.17) is 15.2 Å². The number of hydrogen-bond acceptors (Lipinski definition) is 4. The number of likely N-dealkylation sites (tertiary alicyclic amines) is 1. The Morgan fingerprint density at radius 3 is 2.77 bits per heavy atom. The Labute approximate surface area is 133 Å². The molecule has 3 N–H and O–H groups in total. The van der Waals surface area contributed by atoms with E-state index in [9.17, 15) is 4.79 Å². The number of rotatable bonds is 5. The summed E-state index contributed by atoms with van der Waals surface area (Å²) >= 11 is 0. The van der Waals surface area contributed by atoms with Gasteiger partial charge in [-0.3, -0.25) is 4.99 Å². The summed E-state index contributed by atoms with van der Waals surface area (Å²) in [6.45, 7) is 8.02. The van der Waals surface area contributed by atoms with Crippen molar-refractivity contribution >= 4 is 12.1 Å². The molecule has 1 saturated heterocycles. The molecule has 0 aromatic heterocycles. The molecule has 1 rings (SSSR count). The highest BCUT2D eigenvalue weighted by molar-refractivity contribution is 5.77. The van der Waals surface area contributed by atoms with Gasteiger partial charge in [-0.15, -0.1) is 0 Å². The largest absolute Gasteiger partial charge is 0.444 e. The van der Waals surface area contributed by atoms with Crippen LogP contribution in [0.5, 0.6) is 0 Å². The summed E-state index contributed by atoms with van der Waals surface area (Å²) in [5.74, 6) is 0.381. The molecule has 1 amide bonds. The Balaban J connectivity index is 2.54. The third-order valence-electron chi connectivity index (χ3n) is 3.34.